The van der Waals surface area contributed by atoms with E-state index >= 15 is 0 Å². The van der Waals surface area contributed by atoms with E-state index in [4.69, 9.17) is 0 Å². The van der Waals surface area contributed by atoms with Gasteiger partial charge in [0.25, 0.3) is 0 Å². The number of aryl methyl sites for hydroxylation is 2. The molecule has 2 N–H and O–H groups in total. The highest BCUT2D eigenvalue weighted by atomic mass is 16.2. The van der Waals surface area contributed by atoms with Crippen LogP contribution in [0.25, 0.3) is 11.0 Å². The summed E-state index contributed by atoms with van der Waals surface area (Å²) in [6.07, 6.45) is 0.915. The highest BCUT2D eigenvalue weighted by Gasteiger charge is 2.14. The summed E-state index contributed by atoms with van der Waals surface area (Å²) < 4.78 is 4.00. The van der Waals surface area contributed by atoms with Crippen LogP contribution in [0.1, 0.15) is 30.9 Å². The normalized spacial score (nSPS) is 12.2. The fourth-order valence-corrected chi connectivity index (χ4v) is 2.67. The monoisotopic (exact) mass is 314 g/mol. The van der Waals surface area contributed by atoms with E-state index in [1.54, 1.807) is 0 Å². The maximum Gasteiger partial charge on any atom is 0.341 e. The number of nitrogens with one attached hydrogen (secondary N) is 2. The van der Waals surface area contributed by atoms with Gasteiger partial charge in [0.05, 0.1) is 11.0 Å². The summed E-state index contributed by atoms with van der Waals surface area (Å²) >= 11 is 0. The molecule has 0 aliphatic heterocycles. The summed E-state index contributed by atoms with van der Waals surface area (Å²) in [5.41, 5.74) is 2.08. The Morgan fingerprint density at radius 3 is 2.48 bits per heavy atom. The average molecular weight is 314 g/mol. The predicted molar refractivity (Wildman–Crippen MR) is 85.0 cm³/mol. The van der Waals surface area contributed by atoms with Crippen molar-refractivity contribution < 1.29 is 4.79 Å². The molecule has 0 radical (unpaired) electrons. The Balaban J connectivity index is 2.26. The smallest absolute Gasteiger partial charge is 0.310 e. The van der Waals surface area contributed by atoms with Crippen LogP contribution in [0, 0.1) is 0 Å². The van der Waals surface area contributed by atoms with Gasteiger partial charge in [0, 0.05) is 13.1 Å². The maximum atomic E-state index is 12.3. The highest BCUT2D eigenvalue weighted by molar-refractivity contribution is 5.91. The van der Waals surface area contributed by atoms with Crippen molar-refractivity contribution in [2.45, 2.75) is 33.4 Å². The topological polar surface area (TPSA) is 101 Å². The molecule has 2 heterocycles. The molecule has 0 atom stereocenters. The van der Waals surface area contributed by atoms with E-state index in [1.807, 2.05) is 40.3 Å². The lowest BCUT2D eigenvalue weighted by atomic mass is 10.3. The van der Waals surface area contributed by atoms with Gasteiger partial charge in [-0.2, -0.15) is 4.99 Å². The molecule has 1 amide bonds. The summed E-state index contributed by atoms with van der Waals surface area (Å²) in [6, 6.07) is 7.94. The molecule has 3 rings (SSSR count). The van der Waals surface area contributed by atoms with Gasteiger partial charge in [-0.15, -0.1) is 5.10 Å². The second-order valence-corrected chi connectivity index (χ2v) is 5.13. The summed E-state index contributed by atoms with van der Waals surface area (Å²) in [5, 5.41) is 5.82. The second-order valence-electron chi connectivity index (χ2n) is 5.13. The second kappa shape index (κ2) is 6.07. The number of hydrogen-bond donors (Lipinski definition) is 2. The Hall–Kier alpha value is -2.90. The minimum absolute atomic E-state index is 0.0917. The van der Waals surface area contributed by atoms with E-state index in [0.29, 0.717) is 12.2 Å². The van der Waals surface area contributed by atoms with Crippen LogP contribution in [-0.2, 0) is 13.1 Å². The zero-order chi connectivity index (χ0) is 16.4. The Kier molecular flexibility index (Phi) is 3.96. The van der Waals surface area contributed by atoms with Crippen LogP contribution in [0.4, 0.5) is 0 Å². The van der Waals surface area contributed by atoms with E-state index in [9.17, 15) is 9.59 Å². The number of imidazole rings is 1. The number of H-pyrrole nitrogens is 2. The number of benzene rings is 1. The van der Waals surface area contributed by atoms with Crippen molar-refractivity contribution in [2.24, 2.45) is 4.99 Å². The molecule has 8 nitrogen and oxygen atoms in total. The molecular formula is C15H18N6O2. The minimum atomic E-state index is -0.578. The van der Waals surface area contributed by atoms with Crippen LogP contribution < -0.4 is 11.3 Å². The average Bonchev–Trinajstić information content (AvgIpc) is 3.10. The van der Waals surface area contributed by atoms with Crippen molar-refractivity contribution in [2.75, 3.05) is 0 Å². The van der Waals surface area contributed by atoms with Crippen molar-refractivity contribution in [1.29, 1.82) is 0 Å². The molecule has 0 aliphatic carbocycles. The number of carbonyl (C=O) groups excluding carboxylic acids is 1. The molecule has 2 aromatic heterocycles. The maximum absolute atomic E-state index is 12.3. The number of aromatic nitrogens is 5. The fraction of sp³-hybridized carbons (Fsp3) is 0.333. The third kappa shape index (κ3) is 2.63. The molecule has 1 aromatic carbocycles. The molecule has 8 heteroatoms. The number of rotatable bonds is 4. The number of amides is 1. The van der Waals surface area contributed by atoms with Gasteiger partial charge in [-0.3, -0.25) is 9.78 Å². The molecule has 23 heavy (non-hydrogen) atoms. The molecule has 0 aliphatic rings. The van der Waals surface area contributed by atoms with E-state index in [0.717, 1.165) is 24.0 Å². The number of carbonyl (C=O) groups is 1. The Bertz CT molecular complexity index is 972. The van der Waals surface area contributed by atoms with Gasteiger partial charge in [0.2, 0.25) is 11.4 Å². The summed E-state index contributed by atoms with van der Waals surface area (Å²) in [6.45, 7) is 5.50. The van der Waals surface area contributed by atoms with Crippen molar-refractivity contribution in [3.8, 4) is 0 Å². The quantitative estimate of drug-likeness (QED) is 0.752. The standard InChI is InChI=1S/C15H18N6O2/c1-3-9-21-11-8-6-5-7-10(11)20(4-2)15(21)17-13(22)12-16-14(23)19-18-12/h5-8H,3-4,9H2,1-2H3,(H2,16,18,19,23). The largest absolute Gasteiger partial charge is 0.341 e. The van der Waals surface area contributed by atoms with E-state index in [-0.39, 0.29) is 5.82 Å². The van der Waals surface area contributed by atoms with Crippen molar-refractivity contribution in [3.63, 3.8) is 0 Å². The van der Waals surface area contributed by atoms with Gasteiger partial charge in [-0.1, -0.05) is 19.1 Å². The van der Waals surface area contributed by atoms with Crippen LogP contribution in [0.15, 0.2) is 34.1 Å². The lowest BCUT2D eigenvalue weighted by molar-refractivity contribution is 0.0986. The minimum Gasteiger partial charge on any atom is -0.310 e. The first kappa shape index (κ1) is 15.0. The fourth-order valence-electron chi connectivity index (χ4n) is 2.67. The SMILES string of the molecule is CCCn1c(=NC(=O)c2n[nH]c(=O)[nH]2)n(CC)c2ccccc21. The zero-order valence-electron chi connectivity index (χ0n) is 13.0. The summed E-state index contributed by atoms with van der Waals surface area (Å²) in [5.74, 6) is -0.670. The molecule has 0 saturated carbocycles. The van der Waals surface area contributed by atoms with E-state index in [2.05, 4.69) is 27.1 Å². The van der Waals surface area contributed by atoms with Gasteiger partial charge < -0.3 is 9.13 Å². The Labute approximate surface area is 131 Å². The number of aromatic amines is 2. The van der Waals surface area contributed by atoms with Crippen molar-refractivity contribution in [1.82, 2.24) is 24.3 Å². The van der Waals surface area contributed by atoms with Crippen LogP contribution >= 0.6 is 0 Å². The van der Waals surface area contributed by atoms with Gasteiger partial charge in [-0.25, -0.2) is 9.89 Å². The summed E-state index contributed by atoms with van der Waals surface area (Å²) in [7, 11) is 0. The number of hydrogen-bond acceptors (Lipinski definition) is 3. The lowest BCUT2D eigenvalue weighted by Crippen LogP contribution is -2.27. The molecule has 0 fully saturated rings. The first-order chi connectivity index (χ1) is 11.2. The summed E-state index contributed by atoms with van der Waals surface area (Å²) in [4.78, 5) is 29.9. The lowest BCUT2D eigenvalue weighted by Gasteiger charge is -2.02. The van der Waals surface area contributed by atoms with E-state index in [1.165, 1.54) is 0 Å². The Morgan fingerprint density at radius 2 is 1.91 bits per heavy atom. The number of nitrogens with zero attached hydrogens (tertiary/aromatic N) is 4. The first-order valence-corrected chi connectivity index (χ1v) is 7.57. The predicted octanol–water partition coefficient (Wildman–Crippen LogP) is 1.03. The third-order valence-electron chi connectivity index (χ3n) is 3.61. The molecule has 3 aromatic rings. The zero-order valence-corrected chi connectivity index (χ0v) is 13.0. The highest BCUT2D eigenvalue weighted by Crippen LogP contribution is 2.13. The van der Waals surface area contributed by atoms with E-state index < -0.39 is 11.6 Å². The third-order valence-corrected chi connectivity index (χ3v) is 3.61. The molecule has 0 spiro atoms. The van der Waals surface area contributed by atoms with Crippen molar-refractivity contribution >= 4 is 16.9 Å². The van der Waals surface area contributed by atoms with Gasteiger partial charge in [0.1, 0.15) is 0 Å². The molecule has 0 saturated heterocycles. The van der Waals surface area contributed by atoms with Crippen molar-refractivity contribution in [3.05, 3.63) is 46.2 Å². The van der Waals surface area contributed by atoms with Crippen LogP contribution in [0.3, 0.4) is 0 Å². The molecule has 0 bridgehead atoms. The van der Waals surface area contributed by atoms with Gasteiger partial charge in [-0.05, 0) is 25.5 Å². The molecule has 0 unspecified atom stereocenters. The first-order valence-electron chi connectivity index (χ1n) is 7.57. The Morgan fingerprint density at radius 1 is 1.22 bits per heavy atom. The van der Waals surface area contributed by atoms with Crippen LogP contribution in [0.5, 0.6) is 0 Å². The number of para-hydroxylation sites is 2. The van der Waals surface area contributed by atoms with Gasteiger partial charge >= 0.3 is 11.6 Å². The molecule has 120 valence electrons. The number of fused-ring (bicyclic) bond motifs is 1. The van der Waals surface area contributed by atoms with Gasteiger partial charge in [0.15, 0.2) is 0 Å². The van der Waals surface area contributed by atoms with Crippen LogP contribution in [0.2, 0.25) is 0 Å². The van der Waals surface area contributed by atoms with Crippen LogP contribution in [-0.4, -0.2) is 30.2 Å². The molecular weight excluding hydrogens is 296 g/mol.